The van der Waals surface area contributed by atoms with Gasteiger partial charge in [0.2, 0.25) is 0 Å². The molecule has 6 heteroatoms. The van der Waals surface area contributed by atoms with E-state index in [4.69, 9.17) is 23.8 Å². The third-order valence-corrected chi connectivity index (χ3v) is 3.69. The quantitative estimate of drug-likeness (QED) is 0.649. The fraction of sp³-hybridized carbons (Fsp3) is 0.125. The molecule has 0 fully saturated rings. The molecule has 4 nitrogen and oxygen atoms in total. The van der Waals surface area contributed by atoms with Crippen LogP contribution in [-0.2, 0) is 4.74 Å². The molecule has 0 atom stereocenters. The highest BCUT2D eigenvalue weighted by Gasteiger charge is 2.06. The first-order valence-electron chi connectivity index (χ1n) is 6.52. The molecule has 0 unspecified atom stereocenters. The molecule has 2 aromatic carbocycles. The molecule has 2 N–H and O–H groups in total. The summed E-state index contributed by atoms with van der Waals surface area (Å²) in [5, 5.41) is 7.26. The highest BCUT2D eigenvalue weighted by Crippen LogP contribution is 2.23. The molecule has 0 saturated heterocycles. The van der Waals surface area contributed by atoms with E-state index in [2.05, 4.69) is 15.4 Å². The van der Waals surface area contributed by atoms with Crippen LogP contribution < -0.4 is 10.6 Å². The first-order chi connectivity index (χ1) is 10.5. The molecule has 22 heavy (non-hydrogen) atoms. The lowest BCUT2D eigenvalue weighted by Gasteiger charge is -2.13. The average Bonchev–Trinajstić information content (AvgIpc) is 2.52. The van der Waals surface area contributed by atoms with Crippen molar-refractivity contribution in [2.45, 2.75) is 6.92 Å². The van der Waals surface area contributed by atoms with Gasteiger partial charge in [0, 0.05) is 16.4 Å². The summed E-state index contributed by atoms with van der Waals surface area (Å²) in [6.07, 6.45) is 0. The largest absolute Gasteiger partial charge is 0.465 e. The Labute approximate surface area is 139 Å². The van der Waals surface area contributed by atoms with Crippen LogP contribution in [0.25, 0.3) is 0 Å². The Kier molecular flexibility index (Phi) is 5.35. The highest BCUT2D eigenvalue weighted by molar-refractivity contribution is 7.80. The first kappa shape index (κ1) is 16.3. The summed E-state index contributed by atoms with van der Waals surface area (Å²) < 4.78 is 4.65. The summed E-state index contributed by atoms with van der Waals surface area (Å²) in [6, 6.07) is 12.4. The van der Waals surface area contributed by atoms with E-state index in [1.807, 2.05) is 25.1 Å². The molecular weight excluding hydrogens is 320 g/mol. The summed E-state index contributed by atoms with van der Waals surface area (Å²) in [5.41, 5.74) is 3.02. The minimum atomic E-state index is -0.373. The molecule has 0 aliphatic heterocycles. The van der Waals surface area contributed by atoms with E-state index in [1.54, 1.807) is 24.3 Å². The highest BCUT2D eigenvalue weighted by atomic mass is 35.5. The van der Waals surface area contributed by atoms with Crippen molar-refractivity contribution in [1.29, 1.82) is 0 Å². The zero-order chi connectivity index (χ0) is 16.1. The van der Waals surface area contributed by atoms with Gasteiger partial charge in [0.25, 0.3) is 0 Å². The van der Waals surface area contributed by atoms with Gasteiger partial charge < -0.3 is 15.4 Å². The van der Waals surface area contributed by atoms with Crippen LogP contribution in [0.5, 0.6) is 0 Å². The van der Waals surface area contributed by atoms with Gasteiger partial charge in [-0.3, -0.25) is 0 Å². The van der Waals surface area contributed by atoms with Crippen LogP contribution in [0.3, 0.4) is 0 Å². The molecule has 0 spiro atoms. The molecule has 0 bridgehead atoms. The van der Waals surface area contributed by atoms with E-state index in [0.717, 1.165) is 16.9 Å². The predicted octanol–water partition coefficient (Wildman–Crippen LogP) is 4.24. The van der Waals surface area contributed by atoms with Gasteiger partial charge in [0.15, 0.2) is 5.11 Å². The molecule has 0 heterocycles. The fourth-order valence-corrected chi connectivity index (χ4v) is 2.24. The van der Waals surface area contributed by atoms with Crippen molar-refractivity contribution >= 4 is 46.3 Å². The van der Waals surface area contributed by atoms with Crippen LogP contribution in [-0.4, -0.2) is 18.2 Å². The van der Waals surface area contributed by atoms with Gasteiger partial charge in [-0.25, -0.2) is 4.79 Å². The standard InChI is InChI=1S/C16H15ClN2O2S/c1-10-13(17)4-3-5-14(10)19-16(22)18-12-8-6-11(7-9-12)15(20)21-2/h3-9H,1-2H3,(H2,18,19,22). The zero-order valence-electron chi connectivity index (χ0n) is 12.1. The van der Waals surface area contributed by atoms with Crippen LogP contribution in [0, 0.1) is 6.92 Å². The third kappa shape index (κ3) is 3.96. The summed E-state index contributed by atoms with van der Waals surface area (Å²) >= 11 is 11.3. The number of carbonyl (C=O) groups is 1. The summed E-state index contributed by atoms with van der Waals surface area (Å²) in [6.45, 7) is 1.92. The van der Waals surface area contributed by atoms with Gasteiger partial charge in [-0.15, -0.1) is 0 Å². The molecule has 0 radical (unpaired) electrons. The smallest absolute Gasteiger partial charge is 0.337 e. The number of methoxy groups -OCH3 is 1. The number of rotatable bonds is 3. The Hall–Kier alpha value is -2.11. The zero-order valence-corrected chi connectivity index (χ0v) is 13.7. The van der Waals surface area contributed by atoms with E-state index in [9.17, 15) is 4.79 Å². The number of ether oxygens (including phenoxy) is 1. The van der Waals surface area contributed by atoms with Crippen molar-refractivity contribution in [2.24, 2.45) is 0 Å². The number of thiocarbonyl (C=S) groups is 1. The Morgan fingerprint density at radius 2 is 1.82 bits per heavy atom. The van der Waals surface area contributed by atoms with E-state index in [-0.39, 0.29) is 5.97 Å². The summed E-state index contributed by atoms with van der Waals surface area (Å²) in [7, 11) is 1.35. The number of hydrogen-bond acceptors (Lipinski definition) is 3. The van der Waals surface area contributed by atoms with Crippen LogP contribution in [0.2, 0.25) is 5.02 Å². The average molecular weight is 335 g/mol. The number of esters is 1. The van der Waals surface area contributed by atoms with Crippen molar-refractivity contribution < 1.29 is 9.53 Å². The number of hydrogen-bond donors (Lipinski definition) is 2. The SMILES string of the molecule is COC(=O)c1ccc(NC(=S)Nc2cccc(Cl)c2C)cc1. The van der Waals surface area contributed by atoms with Crippen LogP contribution >= 0.6 is 23.8 Å². The second kappa shape index (κ2) is 7.24. The van der Waals surface area contributed by atoms with Gasteiger partial charge >= 0.3 is 5.97 Å². The molecule has 2 aromatic rings. The number of halogens is 1. The molecule has 0 aromatic heterocycles. The van der Waals surface area contributed by atoms with Crippen molar-refractivity contribution in [3.8, 4) is 0 Å². The first-order valence-corrected chi connectivity index (χ1v) is 7.31. The van der Waals surface area contributed by atoms with Crippen molar-refractivity contribution in [1.82, 2.24) is 0 Å². The number of carbonyl (C=O) groups excluding carboxylic acids is 1. The molecule has 0 aliphatic carbocycles. The topological polar surface area (TPSA) is 50.4 Å². The van der Waals surface area contributed by atoms with Gasteiger partial charge in [0.05, 0.1) is 12.7 Å². The maximum atomic E-state index is 11.4. The molecular formula is C16H15ClN2O2S. The molecule has 2 rings (SSSR count). The van der Waals surface area contributed by atoms with Crippen molar-refractivity contribution in [3.05, 3.63) is 58.6 Å². The number of anilines is 2. The van der Waals surface area contributed by atoms with Crippen LogP contribution in [0.15, 0.2) is 42.5 Å². The van der Waals surface area contributed by atoms with Crippen LogP contribution in [0.4, 0.5) is 11.4 Å². The predicted molar refractivity (Wildman–Crippen MR) is 93.8 cm³/mol. The Balaban J connectivity index is 2.03. The van der Waals surface area contributed by atoms with E-state index in [1.165, 1.54) is 7.11 Å². The fourth-order valence-electron chi connectivity index (χ4n) is 1.84. The molecule has 0 saturated carbocycles. The van der Waals surface area contributed by atoms with Gasteiger partial charge in [-0.1, -0.05) is 17.7 Å². The lowest BCUT2D eigenvalue weighted by Crippen LogP contribution is -2.19. The van der Waals surface area contributed by atoms with Crippen molar-refractivity contribution in [2.75, 3.05) is 17.7 Å². The molecule has 114 valence electrons. The lowest BCUT2D eigenvalue weighted by molar-refractivity contribution is 0.0601. The van der Waals surface area contributed by atoms with Crippen molar-refractivity contribution in [3.63, 3.8) is 0 Å². The Morgan fingerprint density at radius 3 is 2.45 bits per heavy atom. The van der Waals surface area contributed by atoms with E-state index in [0.29, 0.717) is 15.7 Å². The number of benzene rings is 2. The Morgan fingerprint density at radius 1 is 1.14 bits per heavy atom. The van der Waals surface area contributed by atoms with Gasteiger partial charge in [-0.2, -0.15) is 0 Å². The maximum absolute atomic E-state index is 11.4. The maximum Gasteiger partial charge on any atom is 0.337 e. The van der Waals surface area contributed by atoms with Gasteiger partial charge in [-0.05, 0) is 61.1 Å². The Bertz CT molecular complexity index is 702. The molecule has 0 amide bonds. The minimum absolute atomic E-state index is 0.373. The monoisotopic (exact) mass is 334 g/mol. The van der Waals surface area contributed by atoms with E-state index >= 15 is 0 Å². The summed E-state index contributed by atoms with van der Waals surface area (Å²) in [5.74, 6) is -0.373. The molecule has 0 aliphatic rings. The second-order valence-electron chi connectivity index (χ2n) is 4.56. The summed E-state index contributed by atoms with van der Waals surface area (Å²) in [4.78, 5) is 11.4. The van der Waals surface area contributed by atoms with Crippen LogP contribution in [0.1, 0.15) is 15.9 Å². The van der Waals surface area contributed by atoms with Gasteiger partial charge in [0.1, 0.15) is 0 Å². The minimum Gasteiger partial charge on any atom is -0.465 e. The number of nitrogens with one attached hydrogen (secondary N) is 2. The normalized spacial score (nSPS) is 9.95. The lowest BCUT2D eigenvalue weighted by atomic mass is 10.2. The second-order valence-corrected chi connectivity index (χ2v) is 5.38. The third-order valence-electron chi connectivity index (χ3n) is 3.08. The van der Waals surface area contributed by atoms with E-state index < -0.39 is 0 Å².